The van der Waals surface area contributed by atoms with Crippen molar-refractivity contribution in [1.29, 1.82) is 0 Å². The van der Waals surface area contributed by atoms with E-state index in [1.165, 1.54) is 19.6 Å². The maximum Gasteiger partial charge on any atom is 0.308 e. The largest absolute Gasteiger partial charge is 0.493 e. The molecule has 1 heterocycles. The Labute approximate surface area is 198 Å². The summed E-state index contributed by atoms with van der Waals surface area (Å²) < 4.78 is 10.8. The number of esters is 1. The van der Waals surface area contributed by atoms with E-state index in [9.17, 15) is 9.59 Å². The lowest BCUT2D eigenvalue weighted by Crippen LogP contribution is -2.26. The van der Waals surface area contributed by atoms with E-state index in [0.29, 0.717) is 17.9 Å². The summed E-state index contributed by atoms with van der Waals surface area (Å²) in [6.07, 6.45) is 1.18. The quantitative estimate of drug-likeness (QED) is 0.395. The third-order valence-corrected chi connectivity index (χ3v) is 6.35. The summed E-state index contributed by atoms with van der Waals surface area (Å²) in [5.41, 5.74) is 5.52. The number of para-hydroxylation sites is 2. The Morgan fingerprint density at radius 1 is 0.882 bits per heavy atom. The zero-order valence-corrected chi connectivity index (χ0v) is 19.1. The lowest BCUT2D eigenvalue weighted by atomic mass is 9.78. The number of nitrogens with one attached hydrogen (secondary N) is 2. The predicted molar refractivity (Wildman–Crippen MR) is 131 cm³/mol. The molecule has 0 saturated heterocycles. The van der Waals surface area contributed by atoms with Crippen LogP contribution in [0, 0.1) is 0 Å². The summed E-state index contributed by atoms with van der Waals surface area (Å²) in [6, 6.07) is 23.2. The highest BCUT2D eigenvalue weighted by Crippen LogP contribution is 2.45. The van der Waals surface area contributed by atoms with E-state index in [2.05, 4.69) is 22.8 Å². The van der Waals surface area contributed by atoms with E-state index in [1.807, 2.05) is 54.6 Å². The second-order valence-electron chi connectivity index (χ2n) is 8.58. The van der Waals surface area contributed by atoms with Gasteiger partial charge in [0.15, 0.2) is 17.3 Å². The third-order valence-electron chi connectivity index (χ3n) is 6.35. The molecule has 6 nitrogen and oxygen atoms in total. The van der Waals surface area contributed by atoms with E-state index < -0.39 is 5.97 Å². The van der Waals surface area contributed by atoms with Gasteiger partial charge in [0.1, 0.15) is 0 Å². The Morgan fingerprint density at radius 2 is 1.62 bits per heavy atom. The number of allylic oxidation sites excluding steroid dienone is 1. The molecule has 2 aliphatic rings. The first-order valence-electron chi connectivity index (χ1n) is 11.3. The average molecular weight is 455 g/mol. The maximum atomic E-state index is 13.6. The molecule has 0 radical (unpaired) electrons. The van der Waals surface area contributed by atoms with Crippen molar-refractivity contribution in [1.82, 2.24) is 0 Å². The number of anilines is 2. The summed E-state index contributed by atoms with van der Waals surface area (Å²) in [5.74, 6) is 0.589. The molecule has 3 aromatic carbocycles. The molecule has 0 fully saturated rings. The van der Waals surface area contributed by atoms with Crippen LogP contribution in [0.25, 0.3) is 0 Å². The molecule has 172 valence electrons. The van der Waals surface area contributed by atoms with Gasteiger partial charge in [-0.3, -0.25) is 9.59 Å². The van der Waals surface area contributed by atoms with Crippen LogP contribution in [0.3, 0.4) is 0 Å². The molecule has 0 amide bonds. The molecule has 3 aromatic rings. The van der Waals surface area contributed by atoms with Crippen LogP contribution in [-0.2, 0) is 9.59 Å². The van der Waals surface area contributed by atoms with Crippen molar-refractivity contribution in [3.05, 3.63) is 95.2 Å². The van der Waals surface area contributed by atoms with Crippen LogP contribution < -0.4 is 20.1 Å². The minimum atomic E-state index is -0.420. The molecule has 1 aliphatic carbocycles. The second kappa shape index (κ2) is 9.06. The topological polar surface area (TPSA) is 76.7 Å². The highest BCUT2D eigenvalue weighted by molar-refractivity contribution is 6.01. The summed E-state index contributed by atoms with van der Waals surface area (Å²) in [5, 5.41) is 7.12. The molecular formula is C28H26N2O4. The number of hydrogen-bond donors (Lipinski definition) is 2. The molecule has 0 saturated carbocycles. The number of methoxy groups -OCH3 is 1. The molecule has 2 atom stereocenters. The van der Waals surface area contributed by atoms with Crippen molar-refractivity contribution in [2.45, 2.75) is 31.7 Å². The first kappa shape index (κ1) is 21.8. The van der Waals surface area contributed by atoms with Crippen LogP contribution in [0.5, 0.6) is 11.5 Å². The molecule has 6 heteroatoms. The summed E-state index contributed by atoms with van der Waals surface area (Å²) in [4.78, 5) is 25.1. The van der Waals surface area contributed by atoms with E-state index in [-0.39, 0.29) is 17.7 Å². The monoisotopic (exact) mass is 454 g/mol. The van der Waals surface area contributed by atoms with Crippen LogP contribution in [0.4, 0.5) is 11.4 Å². The van der Waals surface area contributed by atoms with Gasteiger partial charge in [-0.2, -0.15) is 0 Å². The molecule has 0 unspecified atom stereocenters. The number of fused-ring (bicyclic) bond motifs is 1. The van der Waals surface area contributed by atoms with Gasteiger partial charge in [-0.25, -0.2) is 0 Å². The van der Waals surface area contributed by atoms with E-state index >= 15 is 0 Å². The van der Waals surface area contributed by atoms with Crippen molar-refractivity contribution >= 4 is 23.1 Å². The van der Waals surface area contributed by atoms with Crippen LogP contribution >= 0.6 is 0 Å². The normalized spacial score (nSPS) is 19.2. The fourth-order valence-electron chi connectivity index (χ4n) is 4.81. The number of rotatable bonds is 4. The molecule has 5 rings (SSSR count). The molecule has 0 aromatic heterocycles. The molecule has 2 N–H and O–H groups in total. The summed E-state index contributed by atoms with van der Waals surface area (Å²) in [6.45, 7) is 1.35. The summed E-state index contributed by atoms with van der Waals surface area (Å²) in [7, 11) is 1.53. The van der Waals surface area contributed by atoms with Gasteiger partial charge in [0.25, 0.3) is 0 Å². The van der Waals surface area contributed by atoms with E-state index in [0.717, 1.165) is 34.6 Å². The fraction of sp³-hybridized carbons (Fsp3) is 0.214. The van der Waals surface area contributed by atoms with Crippen LogP contribution in [-0.4, -0.2) is 18.9 Å². The lowest BCUT2D eigenvalue weighted by Gasteiger charge is -2.30. The Balaban J connectivity index is 1.60. The van der Waals surface area contributed by atoms with Gasteiger partial charge in [-0.1, -0.05) is 48.5 Å². The number of Topliss-reactive ketones (excluding diaryl/α,β-unsaturated/α-hetero) is 1. The number of ketones is 1. The SMILES string of the molecule is COc1cc([C@@H]2Nc3ccccc3NC3=C2C(=O)C[C@H](c2ccccc2)C3)ccc1OC(C)=O. The minimum absolute atomic E-state index is 0.107. The minimum Gasteiger partial charge on any atom is -0.493 e. The molecular weight excluding hydrogens is 428 g/mol. The number of ether oxygens (including phenoxy) is 2. The van der Waals surface area contributed by atoms with Crippen molar-refractivity contribution in [3.8, 4) is 11.5 Å². The fourth-order valence-corrected chi connectivity index (χ4v) is 4.81. The van der Waals surface area contributed by atoms with Crippen LogP contribution in [0.1, 0.15) is 42.9 Å². The number of benzene rings is 3. The van der Waals surface area contributed by atoms with Gasteiger partial charge >= 0.3 is 5.97 Å². The lowest BCUT2D eigenvalue weighted by molar-refractivity contribution is -0.132. The average Bonchev–Trinajstić information content (AvgIpc) is 3.01. The van der Waals surface area contributed by atoms with E-state index in [1.54, 1.807) is 6.07 Å². The molecule has 1 aliphatic heterocycles. The summed E-state index contributed by atoms with van der Waals surface area (Å²) >= 11 is 0. The van der Waals surface area contributed by atoms with Gasteiger partial charge in [0.05, 0.1) is 24.5 Å². The van der Waals surface area contributed by atoms with Crippen molar-refractivity contribution in [2.24, 2.45) is 0 Å². The first-order valence-corrected chi connectivity index (χ1v) is 11.3. The smallest absolute Gasteiger partial charge is 0.308 e. The highest BCUT2D eigenvalue weighted by Gasteiger charge is 2.36. The van der Waals surface area contributed by atoms with Crippen molar-refractivity contribution in [3.63, 3.8) is 0 Å². The van der Waals surface area contributed by atoms with Crippen LogP contribution in [0.2, 0.25) is 0 Å². The van der Waals surface area contributed by atoms with Crippen molar-refractivity contribution in [2.75, 3.05) is 17.7 Å². The zero-order valence-electron chi connectivity index (χ0n) is 19.1. The van der Waals surface area contributed by atoms with Gasteiger partial charge in [0.2, 0.25) is 0 Å². The standard InChI is InChI=1S/C28H26N2O4/c1-17(31)34-25-13-12-19(16-26(25)33-2)28-27-23(29-21-10-6-7-11-22(21)30-28)14-20(15-24(27)32)18-8-4-3-5-9-18/h3-13,16,20,28-30H,14-15H2,1-2H3/t20-,28+/m1/s1. The number of carbonyl (C=O) groups is 2. The van der Waals surface area contributed by atoms with Gasteiger partial charge in [0, 0.05) is 24.6 Å². The van der Waals surface area contributed by atoms with Gasteiger partial charge < -0.3 is 20.1 Å². The third kappa shape index (κ3) is 4.15. The maximum absolute atomic E-state index is 13.6. The molecule has 34 heavy (non-hydrogen) atoms. The Morgan fingerprint density at radius 3 is 2.35 bits per heavy atom. The second-order valence-corrected chi connectivity index (χ2v) is 8.58. The highest BCUT2D eigenvalue weighted by atomic mass is 16.6. The molecule has 0 spiro atoms. The van der Waals surface area contributed by atoms with Gasteiger partial charge in [-0.15, -0.1) is 0 Å². The van der Waals surface area contributed by atoms with Gasteiger partial charge in [-0.05, 0) is 47.7 Å². The predicted octanol–water partition coefficient (Wildman–Crippen LogP) is 5.60. The Kier molecular flexibility index (Phi) is 5.80. The Hall–Kier alpha value is -4.06. The number of carbonyl (C=O) groups excluding carboxylic acids is 2. The van der Waals surface area contributed by atoms with Crippen LogP contribution in [0.15, 0.2) is 84.1 Å². The zero-order chi connectivity index (χ0) is 23.7. The first-order chi connectivity index (χ1) is 16.5. The number of hydrogen-bond acceptors (Lipinski definition) is 6. The van der Waals surface area contributed by atoms with Crippen molar-refractivity contribution < 1.29 is 19.1 Å². The molecule has 0 bridgehead atoms. The Bertz CT molecular complexity index is 1280. The van der Waals surface area contributed by atoms with E-state index in [4.69, 9.17) is 9.47 Å².